The Kier molecular flexibility index (Phi) is 4.40. The van der Waals surface area contributed by atoms with Crippen molar-refractivity contribution in [3.63, 3.8) is 0 Å². The van der Waals surface area contributed by atoms with E-state index in [1.807, 2.05) is 12.4 Å². The Morgan fingerprint density at radius 1 is 1.31 bits per heavy atom. The highest BCUT2D eigenvalue weighted by atomic mass is 14.9. The van der Waals surface area contributed by atoms with Crippen LogP contribution in [0.5, 0.6) is 0 Å². The lowest BCUT2D eigenvalue weighted by Crippen LogP contribution is -2.23. The molecule has 72 valence electrons. The summed E-state index contributed by atoms with van der Waals surface area (Å²) in [4.78, 5) is 7.93. The first kappa shape index (κ1) is 10.1. The Balaban J connectivity index is 2.13. The summed E-state index contributed by atoms with van der Waals surface area (Å²) in [7, 11) is 0. The van der Waals surface area contributed by atoms with Gasteiger partial charge in [0.1, 0.15) is 6.33 Å². The van der Waals surface area contributed by atoms with E-state index in [1.54, 1.807) is 6.33 Å². The van der Waals surface area contributed by atoms with Crippen molar-refractivity contribution >= 4 is 0 Å². The lowest BCUT2D eigenvalue weighted by atomic mass is 10.2. The van der Waals surface area contributed by atoms with Crippen LogP contribution in [0.15, 0.2) is 18.7 Å². The van der Waals surface area contributed by atoms with Crippen molar-refractivity contribution in [2.45, 2.75) is 32.7 Å². The highest BCUT2D eigenvalue weighted by molar-refractivity contribution is 5.01. The third-order valence-corrected chi connectivity index (χ3v) is 1.81. The van der Waals surface area contributed by atoms with Gasteiger partial charge in [0.05, 0.1) is 0 Å². The summed E-state index contributed by atoms with van der Waals surface area (Å²) < 4.78 is 0. The molecule has 0 saturated heterocycles. The molecule has 0 radical (unpaired) electrons. The molecule has 0 saturated carbocycles. The average Bonchev–Trinajstić information content (AvgIpc) is 2.14. The largest absolute Gasteiger partial charge is 0.315 e. The minimum Gasteiger partial charge on any atom is -0.315 e. The maximum absolute atomic E-state index is 3.97. The second-order valence-electron chi connectivity index (χ2n) is 3.46. The molecule has 1 heterocycles. The second kappa shape index (κ2) is 5.65. The Morgan fingerprint density at radius 2 is 2.00 bits per heavy atom. The fourth-order valence-electron chi connectivity index (χ4n) is 1.14. The van der Waals surface area contributed by atoms with Crippen molar-refractivity contribution in [2.75, 3.05) is 6.54 Å². The van der Waals surface area contributed by atoms with Gasteiger partial charge in [0.2, 0.25) is 0 Å². The molecule has 13 heavy (non-hydrogen) atoms. The quantitative estimate of drug-likeness (QED) is 0.694. The average molecular weight is 179 g/mol. The Bertz CT molecular complexity index is 221. The van der Waals surface area contributed by atoms with Gasteiger partial charge in [-0.3, -0.25) is 0 Å². The fourth-order valence-corrected chi connectivity index (χ4v) is 1.14. The maximum atomic E-state index is 3.97. The Hall–Kier alpha value is -0.960. The number of rotatable bonds is 5. The van der Waals surface area contributed by atoms with Gasteiger partial charge in [-0.1, -0.05) is 13.8 Å². The van der Waals surface area contributed by atoms with E-state index in [0.29, 0.717) is 6.04 Å². The predicted octanol–water partition coefficient (Wildman–Crippen LogP) is 1.41. The molecule has 0 spiro atoms. The van der Waals surface area contributed by atoms with Crippen molar-refractivity contribution in [3.05, 3.63) is 24.3 Å². The molecule has 1 N–H and O–H groups in total. The molecule has 0 aliphatic carbocycles. The zero-order valence-electron chi connectivity index (χ0n) is 8.33. The van der Waals surface area contributed by atoms with Gasteiger partial charge < -0.3 is 5.32 Å². The van der Waals surface area contributed by atoms with Crippen LogP contribution >= 0.6 is 0 Å². The Morgan fingerprint density at radius 3 is 2.62 bits per heavy atom. The van der Waals surface area contributed by atoms with Crippen molar-refractivity contribution < 1.29 is 0 Å². The van der Waals surface area contributed by atoms with Crippen LogP contribution in [-0.4, -0.2) is 22.6 Å². The van der Waals surface area contributed by atoms with Crippen LogP contribution in [0, 0.1) is 0 Å². The third-order valence-electron chi connectivity index (χ3n) is 1.81. The lowest BCUT2D eigenvalue weighted by Gasteiger charge is -2.06. The number of nitrogens with one attached hydrogen (secondary N) is 1. The summed E-state index contributed by atoms with van der Waals surface area (Å²) >= 11 is 0. The molecule has 0 aliphatic rings. The third kappa shape index (κ3) is 4.58. The van der Waals surface area contributed by atoms with E-state index in [0.717, 1.165) is 19.4 Å². The van der Waals surface area contributed by atoms with Crippen molar-refractivity contribution in [1.82, 2.24) is 15.3 Å². The summed E-state index contributed by atoms with van der Waals surface area (Å²) in [5.41, 5.74) is 1.22. The fraction of sp³-hybridized carbons (Fsp3) is 0.600. The van der Waals surface area contributed by atoms with E-state index < -0.39 is 0 Å². The molecule has 1 aromatic rings. The summed E-state index contributed by atoms with van der Waals surface area (Å²) in [5, 5.41) is 3.37. The molecule has 3 heteroatoms. The lowest BCUT2D eigenvalue weighted by molar-refractivity contribution is 0.570. The summed E-state index contributed by atoms with van der Waals surface area (Å²) in [6, 6.07) is 0.576. The molecule has 0 aliphatic heterocycles. The van der Waals surface area contributed by atoms with Gasteiger partial charge in [-0.2, -0.15) is 0 Å². The maximum Gasteiger partial charge on any atom is 0.115 e. The van der Waals surface area contributed by atoms with Gasteiger partial charge >= 0.3 is 0 Å². The zero-order valence-corrected chi connectivity index (χ0v) is 8.33. The molecule has 1 aromatic heterocycles. The molecule has 0 atom stereocenters. The highest BCUT2D eigenvalue weighted by Gasteiger charge is 1.94. The van der Waals surface area contributed by atoms with Gasteiger partial charge in [0.15, 0.2) is 0 Å². The minimum absolute atomic E-state index is 0.576. The molecule has 3 nitrogen and oxygen atoms in total. The summed E-state index contributed by atoms with van der Waals surface area (Å²) in [5.74, 6) is 0. The topological polar surface area (TPSA) is 37.8 Å². The smallest absolute Gasteiger partial charge is 0.115 e. The van der Waals surface area contributed by atoms with Crippen LogP contribution in [-0.2, 0) is 6.42 Å². The van der Waals surface area contributed by atoms with Gasteiger partial charge in [-0.25, -0.2) is 9.97 Å². The van der Waals surface area contributed by atoms with E-state index in [1.165, 1.54) is 5.56 Å². The van der Waals surface area contributed by atoms with E-state index >= 15 is 0 Å². The van der Waals surface area contributed by atoms with E-state index in [-0.39, 0.29) is 0 Å². The number of aromatic nitrogens is 2. The normalized spacial score (nSPS) is 10.7. The van der Waals surface area contributed by atoms with Crippen LogP contribution < -0.4 is 5.32 Å². The van der Waals surface area contributed by atoms with Crippen molar-refractivity contribution in [2.24, 2.45) is 0 Å². The number of aryl methyl sites for hydroxylation is 1. The molecular formula is C10H17N3. The zero-order chi connectivity index (χ0) is 9.52. The highest BCUT2D eigenvalue weighted by Crippen LogP contribution is 1.97. The SMILES string of the molecule is CC(C)NCCCc1cncnc1. The minimum atomic E-state index is 0.576. The van der Waals surface area contributed by atoms with Crippen LogP contribution in [0.1, 0.15) is 25.8 Å². The van der Waals surface area contributed by atoms with E-state index in [2.05, 4.69) is 29.1 Å². The van der Waals surface area contributed by atoms with E-state index in [4.69, 9.17) is 0 Å². The number of nitrogens with zero attached hydrogens (tertiary/aromatic N) is 2. The molecule has 0 unspecified atom stereocenters. The van der Waals surface area contributed by atoms with Gasteiger partial charge in [-0.15, -0.1) is 0 Å². The van der Waals surface area contributed by atoms with Crippen LogP contribution in [0.3, 0.4) is 0 Å². The van der Waals surface area contributed by atoms with Gasteiger partial charge in [0, 0.05) is 18.4 Å². The first-order valence-corrected chi connectivity index (χ1v) is 4.76. The molecule has 0 aromatic carbocycles. The first-order chi connectivity index (χ1) is 6.29. The molecular weight excluding hydrogens is 162 g/mol. The van der Waals surface area contributed by atoms with Crippen molar-refractivity contribution in [1.29, 1.82) is 0 Å². The molecule has 0 bridgehead atoms. The van der Waals surface area contributed by atoms with Crippen LogP contribution in [0.4, 0.5) is 0 Å². The van der Waals surface area contributed by atoms with Gasteiger partial charge in [-0.05, 0) is 24.9 Å². The molecule has 1 rings (SSSR count). The monoisotopic (exact) mass is 179 g/mol. The van der Waals surface area contributed by atoms with Crippen LogP contribution in [0.2, 0.25) is 0 Å². The van der Waals surface area contributed by atoms with Crippen molar-refractivity contribution in [3.8, 4) is 0 Å². The molecule has 0 amide bonds. The Labute approximate surface area is 79.6 Å². The predicted molar refractivity (Wildman–Crippen MR) is 53.5 cm³/mol. The number of hydrogen-bond acceptors (Lipinski definition) is 3. The second-order valence-corrected chi connectivity index (χ2v) is 3.46. The molecule has 0 fully saturated rings. The standard InChI is InChI=1S/C10H17N3/c1-9(2)13-5-3-4-10-6-11-8-12-7-10/h6-9,13H,3-5H2,1-2H3. The summed E-state index contributed by atoms with van der Waals surface area (Å²) in [6.07, 6.45) is 7.52. The van der Waals surface area contributed by atoms with Crippen LogP contribution in [0.25, 0.3) is 0 Å². The van der Waals surface area contributed by atoms with E-state index in [9.17, 15) is 0 Å². The van der Waals surface area contributed by atoms with Gasteiger partial charge in [0.25, 0.3) is 0 Å². The number of hydrogen-bond donors (Lipinski definition) is 1. The summed E-state index contributed by atoms with van der Waals surface area (Å²) in [6.45, 7) is 5.38. The first-order valence-electron chi connectivity index (χ1n) is 4.76.